The number of aromatic hydroxyl groups is 1. The molecule has 1 heterocycles. The van der Waals surface area contributed by atoms with Crippen LogP contribution in [-0.2, 0) is 0 Å². The average molecular weight is 211 g/mol. The molecular weight excluding hydrogens is 202 g/mol. The Labute approximate surface area is 84.4 Å². The Hall–Kier alpha value is -0.870. The molecule has 68 valence electrons. The SMILES string of the molecule is CSc1c(N)cc(O)c2ccsc12. The summed E-state index contributed by atoms with van der Waals surface area (Å²) in [5.41, 5.74) is 6.44. The Morgan fingerprint density at radius 2 is 2.31 bits per heavy atom. The Morgan fingerprint density at radius 3 is 3.00 bits per heavy atom. The quantitative estimate of drug-likeness (QED) is 0.563. The number of rotatable bonds is 1. The van der Waals surface area contributed by atoms with E-state index >= 15 is 0 Å². The highest BCUT2D eigenvalue weighted by Crippen LogP contribution is 2.40. The maximum atomic E-state index is 9.58. The second kappa shape index (κ2) is 3.12. The number of nitrogen functional groups attached to an aromatic ring is 1. The van der Waals surface area contributed by atoms with E-state index in [1.165, 1.54) is 0 Å². The van der Waals surface area contributed by atoms with E-state index in [-0.39, 0.29) is 5.75 Å². The Balaban J connectivity index is 2.88. The molecule has 0 fully saturated rings. The standard InChI is InChI=1S/C9H9NOS2/c1-12-9-6(10)4-7(11)5-2-3-13-8(5)9/h2-4,11H,10H2,1H3. The topological polar surface area (TPSA) is 46.2 Å². The van der Waals surface area contributed by atoms with Crippen LogP contribution in [-0.4, -0.2) is 11.4 Å². The van der Waals surface area contributed by atoms with Crippen molar-refractivity contribution < 1.29 is 5.11 Å². The van der Waals surface area contributed by atoms with Crippen molar-refractivity contribution in [1.82, 2.24) is 0 Å². The number of hydrogen-bond acceptors (Lipinski definition) is 4. The Bertz CT molecular complexity index is 450. The van der Waals surface area contributed by atoms with Crippen LogP contribution in [0.1, 0.15) is 0 Å². The van der Waals surface area contributed by atoms with Gasteiger partial charge in [0, 0.05) is 16.3 Å². The van der Waals surface area contributed by atoms with E-state index in [9.17, 15) is 5.11 Å². The minimum atomic E-state index is 0.270. The van der Waals surface area contributed by atoms with Crippen LogP contribution in [0.15, 0.2) is 22.4 Å². The second-order valence-electron chi connectivity index (χ2n) is 2.68. The van der Waals surface area contributed by atoms with Gasteiger partial charge in [0.15, 0.2) is 0 Å². The van der Waals surface area contributed by atoms with Gasteiger partial charge in [0.25, 0.3) is 0 Å². The largest absolute Gasteiger partial charge is 0.507 e. The number of thioether (sulfide) groups is 1. The van der Waals surface area contributed by atoms with Gasteiger partial charge in [-0.2, -0.15) is 0 Å². The Kier molecular flexibility index (Phi) is 2.09. The molecule has 13 heavy (non-hydrogen) atoms. The van der Waals surface area contributed by atoms with E-state index in [4.69, 9.17) is 5.73 Å². The van der Waals surface area contributed by atoms with Gasteiger partial charge < -0.3 is 10.8 Å². The molecule has 0 spiro atoms. The predicted molar refractivity (Wildman–Crippen MR) is 59.7 cm³/mol. The number of nitrogens with two attached hydrogens (primary N) is 1. The average Bonchev–Trinajstić information content (AvgIpc) is 2.53. The van der Waals surface area contributed by atoms with Gasteiger partial charge in [0.05, 0.1) is 10.4 Å². The highest BCUT2D eigenvalue weighted by Gasteiger charge is 2.09. The minimum Gasteiger partial charge on any atom is -0.507 e. The molecule has 2 nitrogen and oxygen atoms in total. The lowest BCUT2D eigenvalue weighted by Gasteiger charge is -2.05. The van der Waals surface area contributed by atoms with E-state index in [1.807, 2.05) is 17.7 Å². The summed E-state index contributed by atoms with van der Waals surface area (Å²) in [7, 11) is 0. The van der Waals surface area contributed by atoms with Crippen LogP contribution in [0.5, 0.6) is 5.75 Å². The molecule has 0 radical (unpaired) electrons. The van der Waals surface area contributed by atoms with Gasteiger partial charge in [-0.25, -0.2) is 0 Å². The maximum absolute atomic E-state index is 9.58. The third-order valence-corrected chi connectivity index (χ3v) is 3.82. The van der Waals surface area contributed by atoms with Crippen molar-refractivity contribution in [3.05, 3.63) is 17.5 Å². The number of anilines is 1. The van der Waals surface area contributed by atoms with Crippen LogP contribution < -0.4 is 5.73 Å². The zero-order valence-corrected chi connectivity index (χ0v) is 8.71. The first-order valence-electron chi connectivity index (χ1n) is 3.76. The van der Waals surface area contributed by atoms with Crippen LogP contribution >= 0.6 is 23.1 Å². The third kappa shape index (κ3) is 1.26. The summed E-state index contributed by atoms with van der Waals surface area (Å²) in [5, 5.41) is 12.4. The molecule has 1 aromatic carbocycles. The highest BCUT2D eigenvalue weighted by atomic mass is 32.2. The molecule has 2 rings (SSSR count). The lowest BCUT2D eigenvalue weighted by molar-refractivity contribution is 0.482. The first-order chi connectivity index (χ1) is 6.24. The van der Waals surface area contributed by atoms with Crippen molar-refractivity contribution in [2.24, 2.45) is 0 Å². The fourth-order valence-corrected chi connectivity index (χ4v) is 3.17. The lowest BCUT2D eigenvalue weighted by Crippen LogP contribution is -1.87. The maximum Gasteiger partial charge on any atom is 0.126 e. The second-order valence-corrected chi connectivity index (χ2v) is 4.41. The lowest BCUT2D eigenvalue weighted by atomic mass is 10.2. The molecule has 0 saturated carbocycles. The molecule has 2 aromatic rings. The summed E-state index contributed by atoms with van der Waals surface area (Å²) in [5.74, 6) is 0.270. The molecule has 0 amide bonds. The summed E-state index contributed by atoms with van der Waals surface area (Å²) >= 11 is 3.22. The van der Waals surface area contributed by atoms with E-state index in [0.717, 1.165) is 15.0 Å². The molecule has 0 atom stereocenters. The van der Waals surface area contributed by atoms with Crippen LogP contribution in [0.3, 0.4) is 0 Å². The van der Waals surface area contributed by atoms with E-state index in [1.54, 1.807) is 29.2 Å². The molecule has 0 saturated heterocycles. The highest BCUT2D eigenvalue weighted by molar-refractivity contribution is 7.99. The zero-order valence-electron chi connectivity index (χ0n) is 7.07. The van der Waals surface area contributed by atoms with Crippen molar-refractivity contribution >= 4 is 38.9 Å². The summed E-state index contributed by atoms with van der Waals surface area (Å²) in [4.78, 5) is 1.06. The first kappa shape index (κ1) is 8.72. The van der Waals surface area contributed by atoms with Gasteiger partial charge in [-0.05, 0) is 17.7 Å². The van der Waals surface area contributed by atoms with Gasteiger partial charge in [0.2, 0.25) is 0 Å². The van der Waals surface area contributed by atoms with Crippen molar-refractivity contribution in [2.45, 2.75) is 4.90 Å². The zero-order chi connectivity index (χ0) is 9.42. The number of hydrogen-bond donors (Lipinski definition) is 2. The van der Waals surface area contributed by atoms with Gasteiger partial charge in [0.1, 0.15) is 5.75 Å². The molecule has 3 N–H and O–H groups in total. The number of benzene rings is 1. The predicted octanol–water partition coefficient (Wildman–Crippen LogP) is 2.91. The first-order valence-corrected chi connectivity index (χ1v) is 5.87. The Morgan fingerprint density at radius 1 is 1.54 bits per heavy atom. The molecule has 1 aromatic heterocycles. The fraction of sp³-hybridized carbons (Fsp3) is 0.111. The molecule has 0 aliphatic rings. The van der Waals surface area contributed by atoms with Crippen LogP contribution in [0.4, 0.5) is 5.69 Å². The molecular formula is C9H9NOS2. The summed E-state index contributed by atoms with van der Waals surface area (Å²) in [6.45, 7) is 0. The summed E-state index contributed by atoms with van der Waals surface area (Å²) < 4.78 is 1.07. The van der Waals surface area contributed by atoms with Gasteiger partial charge in [-0.15, -0.1) is 23.1 Å². The summed E-state index contributed by atoms with van der Waals surface area (Å²) in [6.07, 6.45) is 1.99. The third-order valence-electron chi connectivity index (χ3n) is 1.91. The number of phenols is 1. The van der Waals surface area contributed by atoms with Crippen molar-refractivity contribution in [3.63, 3.8) is 0 Å². The van der Waals surface area contributed by atoms with Crippen LogP contribution in [0, 0.1) is 0 Å². The number of phenolic OH excluding ortho intramolecular Hbond substituents is 1. The monoisotopic (exact) mass is 211 g/mol. The molecule has 0 aliphatic carbocycles. The van der Waals surface area contributed by atoms with Gasteiger partial charge in [-0.3, -0.25) is 0 Å². The van der Waals surface area contributed by atoms with Crippen molar-refractivity contribution in [1.29, 1.82) is 0 Å². The van der Waals surface area contributed by atoms with E-state index in [2.05, 4.69) is 0 Å². The van der Waals surface area contributed by atoms with Gasteiger partial charge in [-0.1, -0.05) is 0 Å². The van der Waals surface area contributed by atoms with Crippen molar-refractivity contribution in [2.75, 3.05) is 12.0 Å². The molecule has 0 aliphatic heterocycles. The molecule has 0 unspecified atom stereocenters. The summed E-state index contributed by atoms with van der Waals surface area (Å²) in [6, 6.07) is 3.52. The van der Waals surface area contributed by atoms with Crippen LogP contribution in [0.25, 0.3) is 10.1 Å². The van der Waals surface area contributed by atoms with Crippen molar-refractivity contribution in [3.8, 4) is 5.75 Å². The molecule has 4 heteroatoms. The molecule has 0 bridgehead atoms. The van der Waals surface area contributed by atoms with E-state index < -0.39 is 0 Å². The van der Waals surface area contributed by atoms with Gasteiger partial charge >= 0.3 is 0 Å². The van der Waals surface area contributed by atoms with Crippen LogP contribution in [0.2, 0.25) is 0 Å². The number of fused-ring (bicyclic) bond motifs is 1. The normalized spacial score (nSPS) is 10.8. The minimum absolute atomic E-state index is 0.270. The fourth-order valence-electron chi connectivity index (χ4n) is 1.32. The smallest absolute Gasteiger partial charge is 0.126 e. The number of thiophene rings is 1. The van der Waals surface area contributed by atoms with E-state index in [0.29, 0.717) is 5.69 Å².